The molecule has 1 fully saturated rings. The van der Waals surface area contributed by atoms with Crippen molar-refractivity contribution in [2.24, 2.45) is 11.8 Å². The number of carboxylic acids is 1. The largest absolute Gasteiger partial charge is 0.481 e. The third kappa shape index (κ3) is 2.70. The lowest BCUT2D eigenvalue weighted by molar-refractivity contribution is -0.140. The van der Waals surface area contributed by atoms with Crippen molar-refractivity contribution in [3.8, 4) is 0 Å². The molecule has 0 radical (unpaired) electrons. The van der Waals surface area contributed by atoms with E-state index in [1.54, 1.807) is 0 Å². The van der Waals surface area contributed by atoms with Crippen LogP contribution in [0.15, 0.2) is 24.3 Å². The fourth-order valence-electron chi connectivity index (χ4n) is 2.02. The second kappa shape index (κ2) is 4.80. The van der Waals surface area contributed by atoms with Gasteiger partial charge in [0.1, 0.15) is 0 Å². The maximum Gasteiger partial charge on any atom is 0.307 e. The molecule has 1 aromatic rings. The Morgan fingerprint density at radius 2 is 1.89 bits per heavy atom. The van der Waals surface area contributed by atoms with Crippen LogP contribution in [-0.2, 0) is 9.59 Å². The van der Waals surface area contributed by atoms with Crippen LogP contribution in [0.25, 0.3) is 0 Å². The first-order valence-electron chi connectivity index (χ1n) is 6.09. The SMILES string of the molecule is Cc1ccc([C@@H](C)NC(=O)C2CC2C(=O)O)cc1. The molecule has 0 aliphatic heterocycles. The van der Waals surface area contributed by atoms with E-state index in [1.165, 1.54) is 5.56 Å². The van der Waals surface area contributed by atoms with E-state index in [0.29, 0.717) is 6.42 Å². The molecule has 0 spiro atoms. The first-order chi connectivity index (χ1) is 8.49. The quantitative estimate of drug-likeness (QED) is 0.853. The molecule has 2 unspecified atom stereocenters. The van der Waals surface area contributed by atoms with E-state index >= 15 is 0 Å². The van der Waals surface area contributed by atoms with E-state index < -0.39 is 11.9 Å². The zero-order valence-corrected chi connectivity index (χ0v) is 10.5. The highest BCUT2D eigenvalue weighted by molar-refractivity contribution is 5.89. The molecule has 2 N–H and O–H groups in total. The van der Waals surface area contributed by atoms with Gasteiger partial charge in [0.15, 0.2) is 0 Å². The summed E-state index contributed by atoms with van der Waals surface area (Å²) in [4.78, 5) is 22.5. The monoisotopic (exact) mass is 247 g/mol. The third-order valence-electron chi connectivity index (χ3n) is 3.38. The van der Waals surface area contributed by atoms with Crippen LogP contribution in [-0.4, -0.2) is 17.0 Å². The summed E-state index contributed by atoms with van der Waals surface area (Å²) in [5.41, 5.74) is 2.20. The molecular formula is C14H17NO3. The molecule has 0 saturated heterocycles. The highest BCUT2D eigenvalue weighted by Gasteiger charge is 2.48. The predicted molar refractivity (Wildman–Crippen MR) is 67.0 cm³/mol. The molecule has 1 aromatic carbocycles. The smallest absolute Gasteiger partial charge is 0.307 e. The van der Waals surface area contributed by atoms with Crippen molar-refractivity contribution in [3.05, 3.63) is 35.4 Å². The summed E-state index contributed by atoms with van der Waals surface area (Å²) >= 11 is 0. The number of hydrogen-bond acceptors (Lipinski definition) is 2. The Labute approximate surface area is 106 Å². The number of rotatable bonds is 4. The van der Waals surface area contributed by atoms with Crippen LogP contribution in [0.2, 0.25) is 0 Å². The van der Waals surface area contributed by atoms with Crippen molar-refractivity contribution in [1.29, 1.82) is 0 Å². The molecule has 0 heterocycles. The van der Waals surface area contributed by atoms with E-state index in [2.05, 4.69) is 5.32 Å². The van der Waals surface area contributed by atoms with E-state index in [0.717, 1.165) is 5.56 Å². The number of nitrogens with one attached hydrogen (secondary N) is 1. The molecular weight excluding hydrogens is 230 g/mol. The van der Waals surface area contributed by atoms with Crippen LogP contribution in [0.5, 0.6) is 0 Å². The topological polar surface area (TPSA) is 66.4 Å². The van der Waals surface area contributed by atoms with Gasteiger partial charge in [-0.25, -0.2) is 0 Å². The highest BCUT2D eigenvalue weighted by atomic mass is 16.4. The average molecular weight is 247 g/mol. The molecule has 4 nitrogen and oxygen atoms in total. The van der Waals surface area contributed by atoms with Crippen LogP contribution in [0.4, 0.5) is 0 Å². The number of benzene rings is 1. The first-order valence-corrected chi connectivity index (χ1v) is 6.09. The standard InChI is InChI=1S/C14H17NO3/c1-8-3-5-10(6-4-8)9(2)15-13(16)11-7-12(11)14(17)18/h3-6,9,11-12H,7H2,1-2H3,(H,15,16)(H,17,18)/t9-,11?,12?/m1/s1. The zero-order chi connectivity index (χ0) is 13.3. The van der Waals surface area contributed by atoms with Crippen LogP contribution < -0.4 is 5.32 Å². The number of carbonyl (C=O) groups excluding carboxylic acids is 1. The van der Waals surface area contributed by atoms with Crippen LogP contribution in [0.3, 0.4) is 0 Å². The van der Waals surface area contributed by atoms with Crippen LogP contribution in [0, 0.1) is 18.8 Å². The lowest BCUT2D eigenvalue weighted by atomic mass is 10.1. The van der Waals surface area contributed by atoms with Crippen molar-refractivity contribution < 1.29 is 14.7 Å². The van der Waals surface area contributed by atoms with Gasteiger partial charge in [0.2, 0.25) is 5.91 Å². The van der Waals surface area contributed by atoms with Gasteiger partial charge in [-0.15, -0.1) is 0 Å². The van der Waals surface area contributed by atoms with Crippen molar-refractivity contribution in [2.75, 3.05) is 0 Å². The zero-order valence-electron chi connectivity index (χ0n) is 10.5. The second-order valence-corrected chi connectivity index (χ2v) is 4.93. The fourth-order valence-corrected chi connectivity index (χ4v) is 2.02. The molecule has 4 heteroatoms. The minimum absolute atomic E-state index is 0.0897. The predicted octanol–water partition coefficient (Wildman–Crippen LogP) is 1.89. The molecule has 0 aromatic heterocycles. The number of aliphatic carboxylic acids is 1. The summed E-state index contributed by atoms with van der Waals surface area (Å²) in [5, 5.41) is 11.6. The van der Waals surface area contributed by atoms with Gasteiger partial charge in [0.05, 0.1) is 17.9 Å². The maximum absolute atomic E-state index is 11.8. The summed E-state index contributed by atoms with van der Waals surface area (Å²) < 4.78 is 0. The Morgan fingerprint density at radius 3 is 2.39 bits per heavy atom. The Hall–Kier alpha value is -1.84. The van der Waals surface area contributed by atoms with Gasteiger partial charge in [-0.2, -0.15) is 0 Å². The second-order valence-electron chi connectivity index (χ2n) is 4.93. The number of aryl methyl sites for hydroxylation is 1. The lowest BCUT2D eigenvalue weighted by Gasteiger charge is -2.14. The van der Waals surface area contributed by atoms with E-state index in [-0.39, 0.29) is 17.9 Å². The number of carboxylic acid groups (broad SMARTS) is 1. The number of amides is 1. The molecule has 96 valence electrons. The Bertz CT molecular complexity index is 466. The first kappa shape index (κ1) is 12.6. The third-order valence-corrected chi connectivity index (χ3v) is 3.38. The summed E-state index contributed by atoms with van der Waals surface area (Å²) in [7, 11) is 0. The van der Waals surface area contributed by atoms with Gasteiger partial charge in [-0.3, -0.25) is 9.59 Å². The number of carbonyl (C=O) groups is 2. The van der Waals surface area contributed by atoms with Crippen molar-refractivity contribution >= 4 is 11.9 Å². The van der Waals surface area contributed by atoms with Gasteiger partial charge >= 0.3 is 5.97 Å². The lowest BCUT2D eigenvalue weighted by Crippen LogP contribution is -2.29. The number of hydrogen-bond donors (Lipinski definition) is 2. The Kier molecular flexibility index (Phi) is 3.36. The van der Waals surface area contributed by atoms with Crippen molar-refractivity contribution in [2.45, 2.75) is 26.3 Å². The molecule has 1 amide bonds. The van der Waals surface area contributed by atoms with Crippen LogP contribution in [0.1, 0.15) is 30.5 Å². The fraction of sp³-hybridized carbons (Fsp3) is 0.429. The summed E-state index contributed by atoms with van der Waals surface area (Å²) in [5.74, 6) is -1.88. The summed E-state index contributed by atoms with van der Waals surface area (Å²) in [6, 6.07) is 7.85. The Morgan fingerprint density at radius 1 is 1.28 bits per heavy atom. The van der Waals surface area contributed by atoms with E-state index in [4.69, 9.17) is 5.11 Å². The van der Waals surface area contributed by atoms with Gasteiger partial charge in [-0.05, 0) is 25.8 Å². The molecule has 0 bridgehead atoms. The van der Waals surface area contributed by atoms with Crippen molar-refractivity contribution in [3.63, 3.8) is 0 Å². The van der Waals surface area contributed by atoms with E-state index in [9.17, 15) is 9.59 Å². The summed E-state index contributed by atoms with van der Waals surface area (Å²) in [6.45, 7) is 3.91. The van der Waals surface area contributed by atoms with Gasteiger partial charge in [0.25, 0.3) is 0 Å². The maximum atomic E-state index is 11.8. The van der Waals surface area contributed by atoms with Gasteiger partial charge in [0, 0.05) is 0 Å². The summed E-state index contributed by atoms with van der Waals surface area (Å²) in [6.07, 6.45) is 0.460. The van der Waals surface area contributed by atoms with Crippen LogP contribution >= 0.6 is 0 Å². The molecule has 2 rings (SSSR count). The van der Waals surface area contributed by atoms with E-state index in [1.807, 2.05) is 38.1 Å². The highest BCUT2D eigenvalue weighted by Crippen LogP contribution is 2.39. The molecule has 1 aliphatic carbocycles. The minimum atomic E-state index is -0.877. The minimum Gasteiger partial charge on any atom is -0.481 e. The average Bonchev–Trinajstić information content (AvgIpc) is 3.09. The molecule has 18 heavy (non-hydrogen) atoms. The molecule has 1 saturated carbocycles. The normalized spacial score (nSPS) is 23.2. The van der Waals surface area contributed by atoms with Gasteiger partial charge in [-0.1, -0.05) is 29.8 Å². The van der Waals surface area contributed by atoms with Gasteiger partial charge < -0.3 is 10.4 Å². The van der Waals surface area contributed by atoms with Crippen molar-refractivity contribution in [1.82, 2.24) is 5.32 Å². The molecule has 1 aliphatic rings. The molecule has 3 atom stereocenters. The Balaban J connectivity index is 1.92.